The van der Waals surface area contributed by atoms with Gasteiger partial charge in [0.15, 0.2) is 0 Å². The van der Waals surface area contributed by atoms with Crippen molar-refractivity contribution in [3.63, 3.8) is 0 Å². The molecule has 1 N–H and O–H groups in total. The molecule has 1 aliphatic heterocycles. The number of nitrogens with zero attached hydrogens (tertiary/aromatic N) is 3. The van der Waals surface area contributed by atoms with E-state index in [4.69, 9.17) is 5.11 Å². The Morgan fingerprint density at radius 3 is 3.19 bits per heavy atom. The Morgan fingerprint density at radius 2 is 2.38 bits per heavy atom. The number of aliphatic hydroxyl groups excluding tert-OH is 1. The van der Waals surface area contributed by atoms with Crippen molar-refractivity contribution in [1.29, 1.82) is 0 Å². The maximum atomic E-state index is 12.3. The first-order chi connectivity index (χ1) is 10.2. The van der Waals surface area contributed by atoms with Crippen molar-refractivity contribution in [2.45, 2.75) is 19.4 Å². The summed E-state index contributed by atoms with van der Waals surface area (Å²) in [6.07, 6.45) is 3.09. The van der Waals surface area contributed by atoms with E-state index in [1.807, 2.05) is 5.38 Å². The van der Waals surface area contributed by atoms with Gasteiger partial charge in [-0.15, -0.1) is 11.3 Å². The van der Waals surface area contributed by atoms with Crippen LogP contribution >= 0.6 is 11.3 Å². The van der Waals surface area contributed by atoms with Gasteiger partial charge < -0.3 is 10.0 Å². The van der Waals surface area contributed by atoms with Crippen LogP contribution in [0.25, 0.3) is 10.2 Å². The number of carbonyl (C=O) groups is 1. The third-order valence-corrected chi connectivity index (χ3v) is 4.75. The minimum absolute atomic E-state index is 0.0312. The Kier molecular flexibility index (Phi) is 4.03. The summed E-state index contributed by atoms with van der Waals surface area (Å²) in [7, 11) is 0. The fourth-order valence-electron chi connectivity index (χ4n) is 2.73. The number of aromatic nitrogens is 2. The monoisotopic (exact) mass is 307 g/mol. The molecule has 0 bridgehead atoms. The van der Waals surface area contributed by atoms with E-state index in [2.05, 4.69) is 4.98 Å². The smallest absolute Gasteiger partial charge is 0.262 e. The quantitative estimate of drug-likeness (QED) is 0.902. The van der Waals surface area contributed by atoms with Crippen LogP contribution in [0.15, 0.2) is 22.6 Å². The third-order valence-electron chi connectivity index (χ3n) is 3.93. The van der Waals surface area contributed by atoms with E-state index in [1.165, 1.54) is 22.2 Å². The molecule has 7 heteroatoms. The topological polar surface area (TPSA) is 75.4 Å². The maximum Gasteiger partial charge on any atom is 0.262 e. The van der Waals surface area contributed by atoms with Gasteiger partial charge in [-0.1, -0.05) is 0 Å². The van der Waals surface area contributed by atoms with Gasteiger partial charge in [0.05, 0.1) is 11.7 Å². The molecule has 1 atom stereocenters. The summed E-state index contributed by atoms with van der Waals surface area (Å²) in [5.74, 6) is 0.307. The largest absolute Gasteiger partial charge is 0.396 e. The molecule has 1 saturated heterocycles. The van der Waals surface area contributed by atoms with Gasteiger partial charge in [-0.05, 0) is 30.2 Å². The second-order valence-electron chi connectivity index (χ2n) is 5.32. The van der Waals surface area contributed by atoms with Gasteiger partial charge in [-0.2, -0.15) is 0 Å². The first-order valence-corrected chi connectivity index (χ1v) is 7.88. The lowest BCUT2D eigenvalue weighted by Gasteiger charge is -2.17. The highest BCUT2D eigenvalue weighted by atomic mass is 32.1. The molecule has 2 aromatic heterocycles. The predicted octanol–water partition coefficient (Wildman–Crippen LogP) is 0.689. The number of amides is 1. The number of fused-ring (bicyclic) bond motifs is 1. The minimum Gasteiger partial charge on any atom is -0.396 e. The molecule has 1 amide bonds. The Morgan fingerprint density at radius 1 is 1.52 bits per heavy atom. The van der Waals surface area contributed by atoms with Crippen LogP contribution in [0, 0.1) is 5.92 Å². The summed E-state index contributed by atoms with van der Waals surface area (Å²) >= 11 is 1.42. The molecule has 1 fully saturated rings. The van der Waals surface area contributed by atoms with Crippen LogP contribution < -0.4 is 5.56 Å². The Bertz CT molecular complexity index is 709. The standard InChI is InChI=1S/C14H17N3O3S/c18-5-2-10-1-4-16(7-10)12(19)8-17-9-15-13-11(14(17)20)3-6-21-13/h3,6,9-10,18H,1-2,4-5,7-8H2. The van der Waals surface area contributed by atoms with E-state index >= 15 is 0 Å². The van der Waals surface area contributed by atoms with Crippen LogP contribution in [0.1, 0.15) is 12.8 Å². The van der Waals surface area contributed by atoms with Crippen molar-refractivity contribution in [3.8, 4) is 0 Å². The van der Waals surface area contributed by atoms with Gasteiger partial charge in [0, 0.05) is 19.7 Å². The first kappa shape index (κ1) is 14.2. The summed E-state index contributed by atoms with van der Waals surface area (Å²) in [4.78, 5) is 31.2. The minimum atomic E-state index is -0.166. The second kappa shape index (κ2) is 5.95. The van der Waals surface area contributed by atoms with Gasteiger partial charge in [0.2, 0.25) is 5.91 Å². The molecular weight excluding hydrogens is 290 g/mol. The first-order valence-electron chi connectivity index (χ1n) is 7.00. The number of hydrogen-bond acceptors (Lipinski definition) is 5. The highest BCUT2D eigenvalue weighted by Crippen LogP contribution is 2.19. The lowest BCUT2D eigenvalue weighted by atomic mass is 10.1. The molecule has 0 spiro atoms. The van der Waals surface area contributed by atoms with Crippen molar-refractivity contribution in [3.05, 3.63) is 28.1 Å². The molecule has 0 aliphatic carbocycles. The SMILES string of the molecule is O=C(Cn1cnc2sccc2c1=O)N1CCC(CCO)C1. The van der Waals surface area contributed by atoms with Gasteiger partial charge in [0.25, 0.3) is 5.56 Å². The average Bonchev–Trinajstić information content (AvgIpc) is 3.11. The normalized spacial score (nSPS) is 18.5. The van der Waals surface area contributed by atoms with E-state index in [0.717, 1.165) is 12.8 Å². The van der Waals surface area contributed by atoms with E-state index in [-0.39, 0.29) is 24.6 Å². The Labute approximate surface area is 125 Å². The number of carbonyl (C=O) groups excluding carboxylic acids is 1. The lowest BCUT2D eigenvalue weighted by Crippen LogP contribution is -2.35. The number of hydrogen-bond donors (Lipinski definition) is 1. The molecule has 1 aliphatic rings. The van der Waals surface area contributed by atoms with Crippen molar-refractivity contribution in [2.75, 3.05) is 19.7 Å². The van der Waals surface area contributed by atoms with Crippen LogP contribution in [-0.4, -0.2) is 45.2 Å². The van der Waals surface area contributed by atoms with Crippen LogP contribution in [-0.2, 0) is 11.3 Å². The molecule has 1 unspecified atom stereocenters. The van der Waals surface area contributed by atoms with E-state index < -0.39 is 0 Å². The fraction of sp³-hybridized carbons (Fsp3) is 0.500. The van der Waals surface area contributed by atoms with Crippen molar-refractivity contribution >= 4 is 27.5 Å². The van der Waals surface area contributed by atoms with E-state index in [1.54, 1.807) is 11.0 Å². The fourth-order valence-corrected chi connectivity index (χ4v) is 3.45. The number of aliphatic hydroxyl groups is 1. The van der Waals surface area contributed by atoms with Gasteiger partial charge >= 0.3 is 0 Å². The Hall–Kier alpha value is -1.73. The highest BCUT2D eigenvalue weighted by molar-refractivity contribution is 7.16. The molecule has 0 aromatic carbocycles. The van der Waals surface area contributed by atoms with Gasteiger partial charge in [0.1, 0.15) is 11.4 Å². The van der Waals surface area contributed by atoms with Crippen LogP contribution in [0.4, 0.5) is 0 Å². The summed E-state index contributed by atoms with van der Waals surface area (Å²) in [6, 6.07) is 1.74. The zero-order valence-corrected chi connectivity index (χ0v) is 12.4. The molecule has 3 rings (SSSR count). The van der Waals surface area contributed by atoms with Gasteiger partial charge in [-0.3, -0.25) is 14.2 Å². The predicted molar refractivity (Wildman–Crippen MR) is 80.3 cm³/mol. The zero-order valence-electron chi connectivity index (χ0n) is 11.6. The van der Waals surface area contributed by atoms with Crippen LogP contribution in [0.2, 0.25) is 0 Å². The number of likely N-dealkylation sites (tertiary alicyclic amines) is 1. The van der Waals surface area contributed by atoms with Crippen molar-refractivity contribution in [2.24, 2.45) is 5.92 Å². The maximum absolute atomic E-state index is 12.3. The molecule has 112 valence electrons. The average molecular weight is 307 g/mol. The molecular formula is C14H17N3O3S. The van der Waals surface area contributed by atoms with E-state index in [9.17, 15) is 9.59 Å². The molecule has 0 saturated carbocycles. The summed E-state index contributed by atoms with van der Waals surface area (Å²) < 4.78 is 1.37. The number of thiophene rings is 1. The Balaban J connectivity index is 1.72. The van der Waals surface area contributed by atoms with Crippen LogP contribution in [0.5, 0.6) is 0 Å². The molecule has 2 aromatic rings. The van der Waals surface area contributed by atoms with Gasteiger partial charge in [-0.25, -0.2) is 4.98 Å². The third kappa shape index (κ3) is 2.84. The zero-order chi connectivity index (χ0) is 14.8. The lowest BCUT2D eigenvalue weighted by molar-refractivity contribution is -0.131. The molecule has 0 radical (unpaired) electrons. The highest BCUT2D eigenvalue weighted by Gasteiger charge is 2.26. The van der Waals surface area contributed by atoms with E-state index in [0.29, 0.717) is 29.2 Å². The van der Waals surface area contributed by atoms with Crippen molar-refractivity contribution < 1.29 is 9.90 Å². The molecule has 21 heavy (non-hydrogen) atoms. The van der Waals surface area contributed by atoms with Crippen LogP contribution in [0.3, 0.4) is 0 Å². The molecule has 6 nitrogen and oxygen atoms in total. The summed E-state index contributed by atoms with van der Waals surface area (Å²) in [5, 5.41) is 11.3. The summed E-state index contributed by atoms with van der Waals surface area (Å²) in [5.41, 5.74) is -0.166. The summed E-state index contributed by atoms with van der Waals surface area (Å²) in [6.45, 7) is 1.56. The van der Waals surface area contributed by atoms with Crippen molar-refractivity contribution in [1.82, 2.24) is 14.5 Å². The second-order valence-corrected chi connectivity index (χ2v) is 6.22. The molecule has 3 heterocycles. The number of rotatable bonds is 4.